The summed E-state index contributed by atoms with van der Waals surface area (Å²) in [7, 11) is 0. The highest BCUT2D eigenvalue weighted by atomic mass is 15.4. The van der Waals surface area contributed by atoms with Gasteiger partial charge >= 0.3 is 0 Å². The van der Waals surface area contributed by atoms with Gasteiger partial charge < -0.3 is 9.88 Å². The molecular formula is C19H26N8. The van der Waals surface area contributed by atoms with Crippen molar-refractivity contribution in [2.45, 2.75) is 57.4 Å². The van der Waals surface area contributed by atoms with Crippen molar-refractivity contribution in [2.24, 2.45) is 5.92 Å². The molecule has 142 valence electrons. The van der Waals surface area contributed by atoms with Gasteiger partial charge in [0.1, 0.15) is 11.8 Å². The van der Waals surface area contributed by atoms with Crippen LogP contribution in [0.2, 0.25) is 0 Å². The summed E-state index contributed by atoms with van der Waals surface area (Å²) in [6.07, 6.45) is 14.4. The summed E-state index contributed by atoms with van der Waals surface area (Å²) in [6.45, 7) is 2.92. The Morgan fingerprint density at radius 1 is 1.04 bits per heavy atom. The monoisotopic (exact) mass is 366 g/mol. The number of rotatable bonds is 4. The standard InChI is InChI=1S/C19H26N8/c1-2-6-15(7-3-1)16-11-27(25-24-16)10-14-5-4-8-26(9-14)19-17-18(21-12-20-17)22-13-23-19/h11-15H,1-10H2,(H,20,21,22,23)/t14-/m1/s1. The van der Waals surface area contributed by atoms with E-state index in [9.17, 15) is 0 Å². The van der Waals surface area contributed by atoms with Gasteiger partial charge in [-0.1, -0.05) is 24.5 Å². The van der Waals surface area contributed by atoms with E-state index in [2.05, 4.69) is 46.0 Å². The van der Waals surface area contributed by atoms with Crippen LogP contribution >= 0.6 is 0 Å². The summed E-state index contributed by atoms with van der Waals surface area (Å²) < 4.78 is 2.06. The Bertz CT molecular complexity index is 894. The van der Waals surface area contributed by atoms with E-state index >= 15 is 0 Å². The van der Waals surface area contributed by atoms with Gasteiger partial charge in [-0.15, -0.1) is 5.10 Å². The molecule has 2 aliphatic rings. The topological polar surface area (TPSA) is 88.4 Å². The number of hydrogen-bond donors (Lipinski definition) is 1. The molecule has 3 aromatic heterocycles. The molecule has 5 rings (SSSR count). The van der Waals surface area contributed by atoms with E-state index in [1.807, 2.05) is 0 Å². The van der Waals surface area contributed by atoms with Crippen molar-refractivity contribution in [3.63, 3.8) is 0 Å². The molecule has 0 radical (unpaired) electrons. The van der Waals surface area contributed by atoms with Gasteiger partial charge in [0.25, 0.3) is 0 Å². The fraction of sp³-hybridized carbons (Fsp3) is 0.632. The molecule has 1 atom stereocenters. The molecule has 1 aliphatic heterocycles. The summed E-state index contributed by atoms with van der Waals surface area (Å²) >= 11 is 0. The number of hydrogen-bond acceptors (Lipinski definition) is 6. The van der Waals surface area contributed by atoms with Crippen molar-refractivity contribution >= 4 is 17.0 Å². The van der Waals surface area contributed by atoms with Crippen molar-refractivity contribution < 1.29 is 0 Å². The molecule has 0 unspecified atom stereocenters. The number of aromatic amines is 1. The highest BCUT2D eigenvalue weighted by Gasteiger charge is 2.25. The molecule has 8 nitrogen and oxygen atoms in total. The molecule has 1 saturated heterocycles. The van der Waals surface area contributed by atoms with Crippen molar-refractivity contribution in [1.29, 1.82) is 0 Å². The SMILES string of the molecule is c1nc(N2CCC[C@@H](Cn3cc(C4CCCCC4)nn3)C2)c2[nH]cnc2n1. The minimum Gasteiger partial charge on any atom is -0.354 e. The normalized spacial score (nSPS) is 21.8. The Morgan fingerprint density at radius 2 is 1.96 bits per heavy atom. The van der Waals surface area contributed by atoms with Crippen molar-refractivity contribution in [1.82, 2.24) is 34.9 Å². The second kappa shape index (κ2) is 7.25. The third kappa shape index (κ3) is 3.40. The zero-order valence-electron chi connectivity index (χ0n) is 15.6. The van der Waals surface area contributed by atoms with E-state index in [-0.39, 0.29) is 0 Å². The van der Waals surface area contributed by atoms with Crippen LogP contribution in [0.3, 0.4) is 0 Å². The van der Waals surface area contributed by atoms with Gasteiger partial charge in [-0.25, -0.2) is 15.0 Å². The zero-order valence-corrected chi connectivity index (χ0v) is 15.6. The van der Waals surface area contributed by atoms with Gasteiger partial charge in [-0.05, 0) is 31.6 Å². The third-order valence-electron chi connectivity index (χ3n) is 6.05. The van der Waals surface area contributed by atoms with Crippen LogP contribution < -0.4 is 4.90 Å². The lowest BCUT2D eigenvalue weighted by Gasteiger charge is -2.33. The molecule has 1 saturated carbocycles. The molecule has 1 aliphatic carbocycles. The number of imidazole rings is 1. The first-order chi connectivity index (χ1) is 13.4. The molecule has 0 bridgehead atoms. The predicted molar refractivity (Wildman–Crippen MR) is 102 cm³/mol. The number of piperidine rings is 1. The smallest absolute Gasteiger partial charge is 0.182 e. The van der Waals surface area contributed by atoms with E-state index in [0.717, 1.165) is 43.0 Å². The van der Waals surface area contributed by atoms with E-state index < -0.39 is 0 Å². The molecule has 0 spiro atoms. The maximum atomic E-state index is 4.52. The van der Waals surface area contributed by atoms with Crippen LogP contribution in [0, 0.1) is 5.92 Å². The average molecular weight is 366 g/mol. The molecule has 0 amide bonds. The van der Waals surface area contributed by atoms with E-state index in [0.29, 0.717) is 11.8 Å². The molecule has 4 heterocycles. The van der Waals surface area contributed by atoms with E-state index in [1.165, 1.54) is 44.2 Å². The van der Waals surface area contributed by atoms with Crippen LogP contribution in [0.1, 0.15) is 56.6 Å². The van der Waals surface area contributed by atoms with Crippen molar-refractivity contribution in [3.8, 4) is 0 Å². The number of H-pyrrole nitrogens is 1. The lowest BCUT2D eigenvalue weighted by Crippen LogP contribution is -2.37. The minimum absolute atomic E-state index is 0.549. The summed E-state index contributed by atoms with van der Waals surface area (Å²) in [5.41, 5.74) is 2.85. The van der Waals surface area contributed by atoms with Crippen LogP contribution in [0.4, 0.5) is 5.82 Å². The summed E-state index contributed by atoms with van der Waals surface area (Å²) in [4.78, 5) is 18.5. The number of aromatic nitrogens is 7. The van der Waals surface area contributed by atoms with E-state index in [4.69, 9.17) is 0 Å². The fourth-order valence-corrected chi connectivity index (χ4v) is 4.65. The lowest BCUT2D eigenvalue weighted by atomic mass is 9.87. The summed E-state index contributed by atoms with van der Waals surface area (Å²) in [5.74, 6) is 2.13. The Labute approximate surface area is 158 Å². The number of nitrogens with one attached hydrogen (secondary N) is 1. The van der Waals surface area contributed by atoms with Crippen LogP contribution in [0.5, 0.6) is 0 Å². The maximum Gasteiger partial charge on any atom is 0.182 e. The van der Waals surface area contributed by atoms with E-state index in [1.54, 1.807) is 12.7 Å². The predicted octanol–water partition coefficient (Wildman–Crippen LogP) is 2.91. The Hall–Kier alpha value is -2.51. The molecular weight excluding hydrogens is 340 g/mol. The van der Waals surface area contributed by atoms with Crippen LogP contribution in [-0.4, -0.2) is 48.0 Å². The summed E-state index contributed by atoms with van der Waals surface area (Å²) in [5, 5.41) is 8.91. The first kappa shape index (κ1) is 16.6. The highest BCUT2D eigenvalue weighted by molar-refractivity contribution is 5.82. The molecule has 3 aromatic rings. The highest BCUT2D eigenvalue weighted by Crippen LogP contribution is 2.31. The van der Waals surface area contributed by atoms with Gasteiger partial charge in [0.05, 0.1) is 12.0 Å². The molecule has 1 N–H and O–H groups in total. The minimum atomic E-state index is 0.549. The zero-order chi connectivity index (χ0) is 18.1. The second-order valence-corrected chi connectivity index (χ2v) is 7.95. The first-order valence-electron chi connectivity index (χ1n) is 10.2. The first-order valence-corrected chi connectivity index (χ1v) is 10.2. The van der Waals surface area contributed by atoms with Gasteiger partial charge in [0, 0.05) is 31.7 Å². The van der Waals surface area contributed by atoms with Gasteiger partial charge in [0.15, 0.2) is 11.5 Å². The molecule has 2 fully saturated rings. The third-order valence-corrected chi connectivity index (χ3v) is 6.05. The maximum absolute atomic E-state index is 4.52. The Balaban J connectivity index is 1.28. The number of anilines is 1. The second-order valence-electron chi connectivity index (χ2n) is 7.95. The average Bonchev–Trinajstić information content (AvgIpc) is 3.38. The van der Waals surface area contributed by atoms with Crippen LogP contribution in [-0.2, 0) is 6.54 Å². The number of fused-ring (bicyclic) bond motifs is 1. The van der Waals surface area contributed by atoms with Gasteiger partial charge in [-0.2, -0.15) is 0 Å². The number of nitrogens with zero attached hydrogens (tertiary/aromatic N) is 7. The quantitative estimate of drug-likeness (QED) is 0.764. The van der Waals surface area contributed by atoms with Crippen molar-refractivity contribution in [2.75, 3.05) is 18.0 Å². The van der Waals surface area contributed by atoms with Crippen LogP contribution in [0.25, 0.3) is 11.2 Å². The lowest BCUT2D eigenvalue weighted by molar-refractivity contribution is 0.347. The Kier molecular flexibility index (Phi) is 4.47. The molecule has 27 heavy (non-hydrogen) atoms. The van der Waals surface area contributed by atoms with Gasteiger partial charge in [-0.3, -0.25) is 4.68 Å². The largest absolute Gasteiger partial charge is 0.354 e. The van der Waals surface area contributed by atoms with Crippen LogP contribution in [0.15, 0.2) is 18.9 Å². The van der Waals surface area contributed by atoms with Crippen molar-refractivity contribution in [3.05, 3.63) is 24.5 Å². The molecule has 8 heteroatoms. The summed E-state index contributed by atoms with van der Waals surface area (Å²) in [6, 6.07) is 0. The van der Waals surface area contributed by atoms with Gasteiger partial charge in [0.2, 0.25) is 0 Å². The fourth-order valence-electron chi connectivity index (χ4n) is 4.65. The Morgan fingerprint density at radius 3 is 2.89 bits per heavy atom. The molecule has 0 aromatic carbocycles.